The number of hydrogen-bond donors (Lipinski definition) is 0. The van der Waals surface area contributed by atoms with Gasteiger partial charge in [-0.05, 0) is 33.6 Å². The number of carbonyl (C=O) groups excluding carboxylic acids is 1. The highest BCUT2D eigenvalue weighted by atomic mass is 16.6. The van der Waals surface area contributed by atoms with Crippen LogP contribution in [0.15, 0.2) is 12.2 Å². The van der Waals surface area contributed by atoms with Crippen molar-refractivity contribution < 1.29 is 14.3 Å². The molecule has 1 saturated heterocycles. The van der Waals surface area contributed by atoms with E-state index in [0.29, 0.717) is 6.61 Å². The van der Waals surface area contributed by atoms with Gasteiger partial charge >= 0.3 is 6.09 Å². The molecule has 0 radical (unpaired) electrons. The van der Waals surface area contributed by atoms with Crippen LogP contribution in [0.2, 0.25) is 0 Å². The third kappa shape index (κ3) is 4.77. The third-order valence-corrected chi connectivity index (χ3v) is 2.55. The zero-order valence-corrected chi connectivity index (χ0v) is 11.2. The van der Waals surface area contributed by atoms with E-state index >= 15 is 0 Å². The molecular weight excluding hydrogens is 218 g/mol. The van der Waals surface area contributed by atoms with E-state index in [1.165, 1.54) is 0 Å². The first-order valence-electron chi connectivity index (χ1n) is 6.09. The average Bonchev–Trinajstić information content (AvgIpc) is 2.64. The second-order valence-corrected chi connectivity index (χ2v) is 5.27. The lowest BCUT2D eigenvalue weighted by atomic mass is 10.2. The van der Waals surface area contributed by atoms with Gasteiger partial charge in [0.2, 0.25) is 0 Å². The van der Waals surface area contributed by atoms with Crippen LogP contribution in [0.4, 0.5) is 4.79 Å². The van der Waals surface area contributed by atoms with E-state index in [0.717, 1.165) is 19.4 Å². The first-order chi connectivity index (χ1) is 7.94. The first kappa shape index (κ1) is 14.0. The molecule has 1 fully saturated rings. The van der Waals surface area contributed by atoms with E-state index in [1.54, 1.807) is 12.0 Å². The molecule has 1 aliphatic heterocycles. The Morgan fingerprint density at radius 2 is 2.18 bits per heavy atom. The van der Waals surface area contributed by atoms with Crippen molar-refractivity contribution in [3.8, 4) is 0 Å². The lowest BCUT2D eigenvalue weighted by Gasteiger charge is -2.27. The van der Waals surface area contributed by atoms with Gasteiger partial charge in [-0.25, -0.2) is 4.79 Å². The quantitative estimate of drug-likeness (QED) is 0.713. The highest BCUT2D eigenvalue weighted by Crippen LogP contribution is 2.21. The molecule has 0 aromatic carbocycles. The Hall–Kier alpha value is -1.03. The number of likely N-dealkylation sites (tertiary alicyclic amines) is 1. The van der Waals surface area contributed by atoms with E-state index < -0.39 is 5.60 Å². The maximum Gasteiger partial charge on any atom is 0.410 e. The van der Waals surface area contributed by atoms with Gasteiger partial charge in [-0.2, -0.15) is 0 Å². The van der Waals surface area contributed by atoms with Crippen molar-refractivity contribution in [2.24, 2.45) is 0 Å². The lowest BCUT2D eigenvalue weighted by molar-refractivity contribution is 0.0255. The summed E-state index contributed by atoms with van der Waals surface area (Å²) >= 11 is 0. The van der Waals surface area contributed by atoms with E-state index in [1.807, 2.05) is 32.9 Å². The summed E-state index contributed by atoms with van der Waals surface area (Å²) in [6.45, 7) is 7.01. The minimum Gasteiger partial charge on any atom is -0.444 e. The summed E-state index contributed by atoms with van der Waals surface area (Å²) in [6.07, 6.45) is 5.79. The van der Waals surface area contributed by atoms with Gasteiger partial charge in [0.1, 0.15) is 5.60 Å². The normalized spacial score (nSPS) is 21.2. The number of ether oxygens (including phenoxy) is 2. The van der Waals surface area contributed by atoms with Crippen molar-refractivity contribution in [3.63, 3.8) is 0 Å². The van der Waals surface area contributed by atoms with E-state index in [4.69, 9.17) is 9.47 Å². The van der Waals surface area contributed by atoms with Crippen LogP contribution in [0.1, 0.15) is 33.6 Å². The minimum atomic E-state index is -0.430. The molecule has 1 aliphatic rings. The Bertz CT molecular complexity index is 281. The molecule has 0 aromatic rings. The second-order valence-electron chi connectivity index (χ2n) is 5.27. The summed E-state index contributed by atoms with van der Waals surface area (Å²) in [5.74, 6) is 0. The molecule has 0 aromatic heterocycles. The molecule has 0 saturated carbocycles. The number of amides is 1. The van der Waals surface area contributed by atoms with Crippen molar-refractivity contribution in [2.75, 3.05) is 20.3 Å². The van der Waals surface area contributed by atoms with E-state index in [-0.39, 0.29) is 12.1 Å². The van der Waals surface area contributed by atoms with Crippen molar-refractivity contribution in [3.05, 3.63) is 12.2 Å². The van der Waals surface area contributed by atoms with Gasteiger partial charge in [-0.1, -0.05) is 12.2 Å². The molecular formula is C13H23NO3. The summed E-state index contributed by atoms with van der Waals surface area (Å²) in [4.78, 5) is 13.7. The Balaban J connectivity index is 2.54. The van der Waals surface area contributed by atoms with Crippen LogP contribution >= 0.6 is 0 Å². The average molecular weight is 241 g/mol. The Morgan fingerprint density at radius 1 is 1.47 bits per heavy atom. The van der Waals surface area contributed by atoms with Gasteiger partial charge in [0.05, 0.1) is 12.6 Å². The highest BCUT2D eigenvalue weighted by molar-refractivity contribution is 5.69. The van der Waals surface area contributed by atoms with Crippen LogP contribution in [0.25, 0.3) is 0 Å². The summed E-state index contributed by atoms with van der Waals surface area (Å²) in [6, 6.07) is 0.153. The number of carbonyl (C=O) groups is 1. The maximum atomic E-state index is 11.9. The number of nitrogens with zero attached hydrogens (tertiary/aromatic N) is 1. The van der Waals surface area contributed by atoms with Gasteiger partial charge in [-0.3, -0.25) is 0 Å². The van der Waals surface area contributed by atoms with Crippen LogP contribution < -0.4 is 0 Å². The van der Waals surface area contributed by atoms with Crippen LogP contribution in [0.3, 0.4) is 0 Å². The van der Waals surface area contributed by atoms with Gasteiger partial charge in [0.15, 0.2) is 0 Å². The molecule has 1 atom stereocenters. The molecule has 1 unspecified atom stereocenters. The van der Waals surface area contributed by atoms with Crippen LogP contribution in [-0.2, 0) is 9.47 Å². The van der Waals surface area contributed by atoms with Crippen molar-refractivity contribution in [2.45, 2.75) is 45.3 Å². The summed E-state index contributed by atoms with van der Waals surface area (Å²) in [7, 11) is 1.66. The standard InChI is InChI=1S/C13H23NO3/c1-13(2,3)17-12(15)14-9-5-7-11(14)8-6-10-16-4/h6,8,11H,5,7,9-10H2,1-4H3/b8-6+. The molecule has 0 N–H and O–H groups in total. The fourth-order valence-electron chi connectivity index (χ4n) is 1.85. The lowest BCUT2D eigenvalue weighted by Crippen LogP contribution is -2.39. The Labute approximate surface area is 104 Å². The van der Waals surface area contributed by atoms with Crippen LogP contribution in [-0.4, -0.2) is 42.9 Å². The molecule has 4 heteroatoms. The zero-order valence-electron chi connectivity index (χ0n) is 11.2. The molecule has 0 spiro atoms. The van der Waals surface area contributed by atoms with E-state index in [2.05, 4.69) is 0 Å². The fourth-order valence-corrected chi connectivity index (χ4v) is 1.85. The molecule has 1 rings (SSSR count). The predicted molar refractivity (Wildman–Crippen MR) is 67.0 cm³/mol. The Morgan fingerprint density at radius 3 is 2.76 bits per heavy atom. The van der Waals surface area contributed by atoms with Crippen molar-refractivity contribution in [1.82, 2.24) is 4.90 Å². The van der Waals surface area contributed by atoms with Gasteiger partial charge in [0, 0.05) is 13.7 Å². The van der Waals surface area contributed by atoms with Gasteiger partial charge in [0.25, 0.3) is 0 Å². The van der Waals surface area contributed by atoms with Crippen LogP contribution in [0.5, 0.6) is 0 Å². The first-order valence-corrected chi connectivity index (χ1v) is 6.09. The SMILES string of the molecule is COC/C=C/C1CCCN1C(=O)OC(C)(C)C. The number of rotatable bonds is 3. The molecule has 0 aliphatic carbocycles. The Kier molecular flexibility index (Phi) is 5.00. The molecule has 0 bridgehead atoms. The monoisotopic (exact) mass is 241 g/mol. The predicted octanol–water partition coefficient (Wildman–Crippen LogP) is 2.59. The van der Waals surface area contributed by atoms with Crippen molar-refractivity contribution >= 4 is 6.09 Å². The largest absolute Gasteiger partial charge is 0.444 e. The smallest absolute Gasteiger partial charge is 0.410 e. The minimum absolute atomic E-state index is 0.153. The maximum absolute atomic E-state index is 11.9. The second kappa shape index (κ2) is 6.05. The highest BCUT2D eigenvalue weighted by Gasteiger charge is 2.30. The molecule has 98 valence electrons. The molecule has 4 nitrogen and oxygen atoms in total. The van der Waals surface area contributed by atoms with Gasteiger partial charge < -0.3 is 14.4 Å². The topological polar surface area (TPSA) is 38.8 Å². The van der Waals surface area contributed by atoms with E-state index in [9.17, 15) is 4.79 Å². The number of hydrogen-bond acceptors (Lipinski definition) is 3. The summed E-state index contributed by atoms with van der Waals surface area (Å²) in [5, 5.41) is 0. The van der Waals surface area contributed by atoms with Crippen molar-refractivity contribution in [1.29, 1.82) is 0 Å². The summed E-state index contributed by atoms with van der Waals surface area (Å²) in [5.41, 5.74) is -0.430. The molecule has 17 heavy (non-hydrogen) atoms. The van der Waals surface area contributed by atoms with Crippen LogP contribution in [0, 0.1) is 0 Å². The molecule has 1 amide bonds. The number of methoxy groups -OCH3 is 1. The molecule has 1 heterocycles. The third-order valence-electron chi connectivity index (χ3n) is 2.55. The van der Waals surface area contributed by atoms with Gasteiger partial charge in [-0.15, -0.1) is 0 Å². The fraction of sp³-hybridized carbons (Fsp3) is 0.769. The zero-order chi connectivity index (χ0) is 12.9. The summed E-state index contributed by atoms with van der Waals surface area (Å²) < 4.78 is 10.3.